The van der Waals surface area contributed by atoms with Crippen LogP contribution in [0.2, 0.25) is 0 Å². The van der Waals surface area contributed by atoms with Crippen molar-refractivity contribution in [3.05, 3.63) is 83.1 Å². The van der Waals surface area contributed by atoms with Crippen molar-refractivity contribution in [3.63, 3.8) is 0 Å². The molecule has 3 heteroatoms. The van der Waals surface area contributed by atoms with Gasteiger partial charge in [-0.3, -0.25) is 4.79 Å². The van der Waals surface area contributed by atoms with Crippen molar-refractivity contribution in [3.8, 4) is 0 Å². The van der Waals surface area contributed by atoms with Crippen LogP contribution in [0.3, 0.4) is 0 Å². The Hall–Kier alpha value is -2.68. The Kier molecular flexibility index (Phi) is 8.38. The Bertz CT molecular complexity index is 916. The first kappa shape index (κ1) is 24.6. The van der Waals surface area contributed by atoms with E-state index in [0.717, 1.165) is 11.1 Å². The molecule has 0 amide bonds. The van der Waals surface area contributed by atoms with Crippen molar-refractivity contribution >= 4 is 11.8 Å². The highest BCUT2D eigenvalue weighted by Crippen LogP contribution is 2.40. The van der Waals surface area contributed by atoms with Crippen LogP contribution in [-0.2, 0) is 14.3 Å². The normalized spacial score (nSPS) is 24.3. The third-order valence-electron chi connectivity index (χ3n) is 6.03. The molecule has 0 spiro atoms. The van der Waals surface area contributed by atoms with E-state index in [1.54, 1.807) is 12.2 Å². The molecule has 3 nitrogen and oxygen atoms in total. The Morgan fingerprint density at radius 1 is 1.06 bits per heavy atom. The maximum atomic E-state index is 12.3. The van der Waals surface area contributed by atoms with Gasteiger partial charge in [0.05, 0.1) is 0 Å². The van der Waals surface area contributed by atoms with E-state index < -0.39 is 11.6 Å². The van der Waals surface area contributed by atoms with Crippen LogP contribution in [0.25, 0.3) is 0 Å². The Morgan fingerprint density at radius 2 is 1.81 bits per heavy atom. The Labute approximate surface area is 187 Å². The van der Waals surface area contributed by atoms with Crippen molar-refractivity contribution in [1.29, 1.82) is 0 Å². The average Bonchev–Trinajstić information content (AvgIpc) is 2.67. The van der Waals surface area contributed by atoms with Gasteiger partial charge in [-0.2, -0.15) is 0 Å². The van der Waals surface area contributed by atoms with Gasteiger partial charge >= 0.3 is 5.97 Å². The van der Waals surface area contributed by atoms with Crippen molar-refractivity contribution in [1.82, 2.24) is 0 Å². The molecule has 0 N–H and O–H groups in total. The minimum atomic E-state index is -1.19. The molecule has 166 valence electrons. The zero-order valence-corrected chi connectivity index (χ0v) is 19.8. The van der Waals surface area contributed by atoms with E-state index in [-0.39, 0.29) is 11.2 Å². The first-order valence-corrected chi connectivity index (χ1v) is 11.1. The lowest BCUT2D eigenvalue weighted by molar-refractivity contribution is -0.156. The second-order valence-corrected chi connectivity index (χ2v) is 9.28. The summed E-state index contributed by atoms with van der Waals surface area (Å²) in [6, 6.07) is 0. The molecule has 0 fully saturated rings. The molecular weight excluding hydrogens is 384 g/mol. The number of hydrogen-bond donors (Lipinski definition) is 0. The summed E-state index contributed by atoms with van der Waals surface area (Å²) in [4.78, 5) is 24.3. The predicted molar refractivity (Wildman–Crippen MR) is 129 cm³/mol. The number of Topliss-reactive ketones (excluding diaryl/α,β-unsaturated/α-hetero) is 1. The van der Waals surface area contributed by atoms with E-state index in [9.17, 15) is 9.59 Å². The molecule has 0 saturated carbocycles. The van der Waals surface area contributed by atoms with E-state index in [4.69, 9.17) is 4.74 Å². The van der Waals surface area contributed by atoms with Crippen molar-refractivity contribution in [2.24, 2.45) is 5.41 Å². The topological polar surface area (TPSA) is 43.4 Å². The van der Waals surface area contributed by atoms with E-state index in [1.807, 2.05) is 37.3 Å². The Balaban J connectivity index is 2.01. The molecule has 0 heterocycles. The van der Waals surface area contributed by atoms with Gasteiger partial charge in [-0.1, -0.05) is 73.6 Å². The van der Waals surface area contributed by atoms with Crippen LogP contribution < -0.4 is 0 Å². The fourth-order valence-electron chi connectivity index (χ4n) is 4.08. The highest BCUT2D eigenvalue weighted by molar-refractivity contribution is 5.93. The lowest BCUT2D eigenvalue weighted by Gasteiger charge is -2.32. The third-order valence-corrected chi connectivity index (χ3v) is 6.03. The number of carbonyl (C=O) groups excluding carboxylic acids is 2. The third kappa shape index (κ3) is 6.92. The van der Waals surface area contributed by atoms with Gasteiger partial charge in [0.1, 0.15) is 0 Å². The smallest absolute Gasteiger partial charge is 0.332 e. The fraction of sp³-hybridized carbons (Fsp3) is 0.429. The van der Waals surface area contributed by atoms with Crippen LogP contribution in [0.4, 0.5) is 0 Å². The number of esters is 1. The van der Waals surface area contributed by atoms with Gasteiger partial charge in [0.15, 0.2) is 11.4 Å². The zero-order valence-electron chi connectivity index (χ0n) is 19.8. The number of rotatable bonds is 7. The second kappa shape index (κ2) is 10.6. The first-order chi connectivity index (χ1) is 14.6. The largest absolute Gasteiger partial charge is 0.443 e. The predicted octanol–water partition coefficient (Wildman–Crippen LogP) is 6.91. The highest BCUT2D eigenvalue weighted by Gasteiger charge is 2.36. The summed E-state index contributed by atoms with van der Waals surface area (Å²) in [5, 5.41) is 0. The van der Waals surface area contributed by atoms with Gasteiger partial charge in [0, 0.05) is 12.5 Å². The van der Waals surface area contributed by atoms with E-state index in [1.165, 1.54) is 43.4 Å². The molecule has 0 aliphatic heterocycles. The van der Waals surface area contributed by atoms with Crippen LogP contribution in [0.1, 0.15) is 67.2 Å². The van der Waals surface area contributed by atoms with Crippen LogP contribution in [-0.4, -0.2) is 17.4 Å². The summed E-state index contributed by atoms with van der Waals surface area (Å²) in [7, 11) is 0. The van der Waals surface area contributed by atoms with Crippen LogP contribution >= 0.6 is 0 Å². The number of allylic oxidation sites excluding steroid dienone is 11. The van der Waals surface area contributed by atoms with Crippen molar-refractivity contribution < 1.29 is 14.3 Å². The van der Waals surface area contributed by atoms with Crippen LogP contribution in [0.5, 0.6) is 0 Å². The van der Waals surface area contributed by atoms with Gasteiger partial charge in [-0.15, -0.1) is 0 Å². The van der Waals surface area contributed by atoms with Gasteiger partial charge in [-0.25, -0.2) is 4.79 Å². The van der Waals surface area contributed by atoms with Gasteiger partial charge in [-0.05, 0) is 69.6 Å². The van der Waals surface area contributed by atoms with Crippen LogP contribution in [0.15, 0.2) is 83.1 Å². The molecule has 0 aromatic heterocycles. The van der Waals surface area contributed by atoms with E-state index in [0.29, 0.717) is 6.42 Å². The summed E-state index contributed by atoms with van der Waals surface area (Å²) < 4.78 is 5.51. The van der Waals surface area contributed by atoms with Crippen molar-refractivity contribution in [2.75, 3.05) is 0 Å². The second-order valence-electron chi connectivity index (χ2n) is 9.28. The maximum Gasteiger partial charge on any atom is 0.332 e. The minimum Gasteiger partial charge on any atom is -0.443 e. The molecule has 0 saturated heterocycles. The van der Waals surface area contributed by atoms with Crippen molar-refractivity contribution in [2.45, 2.75) is 72.8 Å². The summed E-state index contributed by atoms with van der Waals surface area (Å²) in [5.74, 6) is -0.695. The first-order valence-electron chi connectivity index (χ1n) is 11.1. The molecule has 2 aliphatic carbocycles. The Morgan fingerprint density at radius 3 is 2.42 bits per heavy atom. The van der Waals surface area contributed by atoms with E-state index in [2.05, 4.69) is 39.8 Å². The standard InChI is InChI=1S/C28H36O3/c1-21(15-16-25-23(3)14-11-17-27(25,5)6)12-10-13-22(2)20-26(30)31-28(24(4)29)18-8-7-9-19-28/h7-10,12-13,15-16,18,20H,11,14,17,19H2,1-6H3/b13-10+,16-15+,21-12-,22-20-. The lowest BCUT2D eigenvalue weighted by Crippen LogP contribution is -2.40. The summed E-state index contributed by atoms with van der Waals surface area (Å²) in [6.45, 7) is 12.2. The van der Waals surface area contributed by atoms with Gasteiger partial charge in [0.25, 0.3) is 0 Å². The number of ether oxygens (including phenoxy) is 1. The molecule has 31 heavy (non-hydrogen) atoms. The number of hydrogen-bond acceptors (Lipinski definition) is 3. The van der Waals surface area contributed by atoms with Crippen LogP contribution in [0, 0.1) is 5.41 Å². The number of carbonyl (C=O) groups is 2. The zero-order chi connectivity index (χ0) is 23.1. The fourth-order valence-corrected chi connectivity index (χ4v) is 4.08. The summed E-state index contributed by atoms with van der Waals surface area (Å²) in [6.07, 6.45) is 22.8. The molecule has 2 rings (SSSR count). The highest BCUT2D eigenvalue weighted by atomic mass is 16.6. The summed E-state index contributed by atoms with van der Waals surface area (Å²) in [5.41, 5.74) is 3.88. The molecule has 2 aliphatic rings. The molecule has 0 radical (unpaired) electrons. The SMILES string of the molecule is CC(=O)C1(OC(=O)\C=C(C)/C=C/C=C(C)\C=C\C2=C(C)CCCC2(C)C)C=CC=CC1. The molecule has 0 aromatic carbocycles. The number of ketones is 1. The molecule has 1 atom stereocenters. The molecule has 0 aromatic rings. The maximum absolute atomic E-state index is 12.3. The van der Waals surface area contributed by atoms with Gasteiger partial charge in [0.2, 0.25) is 0 Å². The minimum absolute atomic E-state index is 0.181. The summed E-state index contributed by atoms with van der Waals surface area (Å²) >= 11 is 0. The van der Waals surface area contributed by atoms with Gasteiger partial charge < -0.3 is 4.74 Å². The molecule has 0 bridgehead atoms. The monoisotopic (exact) mass is 420 g/mol. The lowest BCUT2D eigenvalue weighted by atomic mass is 9.72. The average molecular weight is 421 g/mol. The molecule has 1 unspecified atom stereocenters. The quantitative estimate of drug-likeness (QED) is 0.255. The van der Waals surface area contributed by atoms with E-state index >= 15 is 0 Å². The molecular formula is C28H36O3.